The molecule has 1 aliphatic rings. The largest absolute Gasteiger partial charge is 0.507 e. The predicted octanol–water partition coefficient (Wildman–Crippen LogP) is 5.21. The second-order valence-corrected chi connectivity index (χ2v) is 7.49. The Kier molecular flexibility index (Phi) is 5.03. The Labute approximate surface area is 175 Å². The molecule has 0 spiro atoms. The number of aliphatic hydroxyl groups excluding tert-OH is 1. The van der Waals surface area contributed by atoms with Crippen molar-refractivity contribution in [3.63, 3.8) is 0 Å². The minimum absolute atomic E-state index is 0.0771. The van der Waals surface area contributed by atoms with Crippen LogP contribution in [0.3, 0.4) is 0 Å². The zero-order valence-corrected chi connectivity index (χ0v) is 16.6. The number of amides is 1. The zero-order valence-electron chi connectivity index (χ0n) is 15.0. The lowest BCUT2D eigenvalue weighted by atomic mass is 9.95. The molecule has 0 saturated carbocycles. The Morgan fingerprint density at radius 3 is 2.34 bits per heavy atom. The smallest absolute Gasteiger partial charge is 0.300 e. The molecule has 29 heavy (non-hydrogen) atoms. The minimum atomic E-state index is -0.958. The zero-order chi connectivity index (χ0) is 20.5. The van der Waals surface area contributed by atoms with Crippen molar-refractivity contribution in [2.24, 2.45) is 0 Å². The van der Waals surface area contributed by atoms with Gasteiger partial charge in [0.2, 0.25) is 0 Å². The molecule has 1 heterocycles. The van der Waals surface area contributed by atoms with Crippen LogP contribution in [-0.2, 0) is 9.59 Å². The maximum atomic E-state index is 14.0. The van der Waals surface area contributed by atoms with Crippen LogP contribution in [0.25, 0.3) is 5.76 Å². The van der Waals surface area contributed by atoms with Crippen molar-refractivity contribution in [3.8, 4) is 0 Å². The van der Waals surface area contributed by atoms with Crippen LogP contribution >= 0.6 is 15.9 Å². The maximum Gasteiger partial charge on any atom is 0.300 e. The Morgan fingerprint density at radius 2 is 1.66 bits per heavy atom. The van der Waals surface area contributed by atoms with Crippen LogP contribution in [0.5, 0.6) is 0 Å². The topological polar surface area (TPSA) is 57.6 Å². The van der Waals surface area contributed by atoms with Crippen molar-refractivity contribution in [2.75, 3.05) is 4.90 Å². The quantitative estimate of drug-likeness (QED) is 0.337. The number of rotatable bonds is 3. The molecular weight excluding hydrogens is 437 g/mol. The van der Waals surface area contributed by atoms with Crippen molar-refractivity contribution in [2.45, 2.75) is 6.04 Å². The first-order valence-corrected chi connectivity index (χ1v) is 9.64. The fraction of sp³-hybridized carbons (Fsp3) is 0.0435. The van der Waals surface area contributed by atoms with E-state index in [0.29, 0.717) is 16.8 Å². The molecule has 1 N–H and O–H groups in total. The molecule has 1 saturated heterocycles. The van der Waals surface area contributed by atoms with Gasteiger partial charge in [0, 0.05) is 15.7 Å². The van der Waals surface area contributed by atoms with Gasteiger partial charge in [-0.15, -0.1) is 0 Å². The summed E-state index contributed by atoms with van der Waals surface area (Å²) in [5.41, 5.74) is 1.18. The van der Waals surface area contributed by atoms with Gasteiger partial charge < -0.3 is 5.11 Å². The number of Topliss-reactive ketones (excluding diaryl/α,β-unsaturated/α-hetero) is 1. The standard InChI is InChI=1S/C23H15BrFNO3/c24-16-9-5-11-18(13-16)26-20(15-8-4-10-17(25)12-15)19(22(28)23(26)29)21(27)14-6-2-1-3-7-14/h1-13,20,27H/b21-19+/t20-/m1/s1. The van der Waals surface area contributed by atoms with Crippen molar-refractivity contribution in [3.05, 3.63) is 106 Å². The second-order valence-electron chi connectivity index (χ2n) is 6.57. The van der Waals surface area contributed by atoms with E-state index in [4.69, 9.17) is 0 Å². The van der Waals surface area contributed by atoms with Crippen LogP contribution in [0, 0.1) is 5.82 Å². The molecule has 1 fully saturated rings. The van der Waals surface area contributed by atoms with Crippen LogP contribution in [-0.4, -0.2) is 16.8 Å². The molecule has 1 amide bonds. The Morgan fingerprint density at radius 1 is 0.931 bits per heavy atom. The third kappa shape index (κ3) is 3.47. The summed E-state index contributed by atoms with van der Waals surface area (Å²) in [7, 11) is 0. The van der Waals surface area contributed by atoms with Crippen LogP contribution in [0.15, 0.2) is 88.9 Å². The molecule has 0 unspecified atom stereocenters. The van der Waals surface area contributed by atoms with Crippen LogP contribution in [0.2, 0.25) is 0 Å². The molecule has 0 aliphatic carbocycles. The molecule has 4 rings (SSSR count). The summed E-state index contributed by atoms with van der Waals surface area (Å²) in [6.45, 7) is 0. The average molecular weight is 452 g/mol. The SMILES string of the molecule is O=C1C(=O)N(c2cccc(Br)c2)[C@H](c2cccc(F)c2)/C1=C(\O)c1ccccc1. The highest BCUT2D eigenvalue weighted by Gasteiger charge is 2.47. The van der Waals surface area contributed by atoms with Gasteiger partial charge in [0.05, 0.1) is 11.6 Å². The predicted molar refractivity (Wildman–Crippen MR) is 112 cm³/mol. The fourth-order valence-corrected chi connectivity index (χ4v) is 3.86. The molecule has 1 atom stereocenters. The summed E-state index contributed by atoms with van der Waals surface area (Å²) in [5.74, 6) is -2.40. The number of carbonyl (C=O) groups is 2. The van der Waals surface area contributed by atoms with Crippen molar-refractivity contribution in [1.29, 1.82) is 0 Å². The molecule has 4 nitrogen and oxygen atoms in total. The lowest BCUT2D eigenvalue weighted by molar-refractivity contribution is -0.132. The Hall–Kier alpha value is -3.25. The maximum absolute atomic E-state index is 14.0. The van der Waals surface area contributed by atoms with Crippen LogP contribution in [0.1, 0.15) is 17.2 Å². The van der Waals surface area contributed by atoms with Crippen molar-refractivity contribution < 1.29 is 19.1 Å². The molecule has 0 bridgehead atoms. The molecule has 144 valence electrons. The Bertz CT molecular complexity index is 1140. The average Bonchev–Trinajstić information content (AvgIpc) is 2.99. The summed E-state index contributed by atoms with van der Waals surface area (Å²) in [6.07, 6.45) is 0. The fourth-order valence-electron chi connectivity index (χ4n) is 3.47. The van der Waals surface area contributed by atoms with Crippen LogP contribution < -0.4 is 4.90 Å². The molecule has 0 radical (unpaired) electrons. The Balaban J connectivity index is 1.97. The second kappa shape index (κ2) is 7.64. The number of carbonyl (C=O) groups excluding carboxylic acids is 2. The number of benzene rings is 3. The van der Waals surface area contributed by atoms with E-state index in [9.17, 15) is 19.1 Å². The van der Waals surface area contributed by atoms with E-state index in [2.05, 4.69) is 15.9 Å². The highest BCUT2D eigenvalue weighted by molar-refractivity contribution is 9.10. The van der Waals surface area contributed by atoms with Crippen molar-refractivity contribution in [1.82, 2.24) is 0 Å². The number of halogens is 2. The van der Waals surface area contributed by atoms with E-state index >= 15 is 0 Å². The highest BCUT2D eigenvalue weighted by Crippen LogP contribution is 2.42. The van der Waals surface area contributed by atoms with Gasteiger partial charge in [0.15, 0.2) is 0 Å². The monoisotopic (exact) mass is 451 g/mol. The molecule has 3 aromatic rings. The number of nitrogens with zero attached hydrogens (tertiary/aromatic N) is 1. The van der Waals surface area contributed by atoms with Crippen LogP contribution in [0.4, 0.5) is 10.1 Å². The number of aliphatic hydroxyl groups is 1. The first-order valence-electron chi connectivity index (χ1n) is 8.85. The lowest BCUT2D eigenvalue weighted by Crippen LogP contribution is -2.29. The summed E-state index contributed by atoms with van der Waals surface area (Å²) < 4.78 is 14.7. The summed E-state index contributed by atoms with van der Waals surface area (Å²) in [4.78, 5) is 27.2. The first kappa shape index (κ1) is 19.1. The number of hydrogen-bond donors (Lipinski definition) is 1. The molecule has 3 aromatic carbocycles. The van der Waals surface area contributed by atoms with Gasteiger partial charge in [-0.2, -0.15) is 0 Å². The number of anilines is 1. The third-order valence-electron chi connectivity index (χ3n) is 4.74. The van der Waals surface area contributed by atoms with E-state index in [0.717, 1.165) is 4.47 Å². The van der Waals surface area contributed by atoms with E-state index in [1.807, 2.05) is 0 Å². The van der Waals surface area contributed by atoms with Gasteiger partial charge >= 0.3 is 0 Å². The lowest BCUT2D eigenvalue weighted by Gasteiger charge is -2.25. The minimum Gasteiger partial charge on any atom is -0.507 e. The molecular formula is C23H15BrFNO3. The highest BCUT2D eigenvalue weighted by atomic mass is 79.9. The van der Waals surface area contributed by atoms with E-state index in [1.165, 1.54) is 23.1 Å². The first-order chi connectivity index (χ1) is 14.0. The number of hydrogen-bond acceptors (Lipinski definition) is 3. The van der Waals surface area contributed by atoms with Gasteiger partial charge in [-0.25, -0.2) is 4.39 Å². The third-order valence-corrected chi connectivity index (χ3v) is 5.24. The van der Waals surface area contributed by atoms with Crippen molar-refractivity contribution >= 4 is 39.1 Å². The summed E-state index contributed by atoms with van der Waals surface area (Å²) in [6, 6.07) is 20.1. The van der Waals surface area contributed by atoms with E-state index in [1.54, 1.807) is 60.7 Å². The van der Waals surface area contributed by atoms with Gasteiger partial charge in [0.25, 0.3) is 11.7 Å². The van der Waals surface area contributed by atoms with E-state index < -0.39 is 23.5 Å². The number of ketones is 1. The van der Waals surface area contributed by atoms with Gasteiger partial charge in [-0.3, -0.25) is 14.5 Å². The normalized spacial score (nSPS) is 18.3. The van der Waals surface area contributed by atoms with Gasteiger partial charge in [0.1, 0.15) is 11.6 Å². The molecule has 0 aromatic heterocycles. The van der Waals surface area contributed by atoms with Gasteiger partial charge in [-0.1, -0.05) is 64.5 Å². The molecule has 6 heteroatoms. The van der Waals surface area contributed by atoms with E-state index in [-0.39, 0.29) is 11.3 Å². The summed E-state index contributed by atoms with van der Waals surface area (Å²) in [5, 5.41) is 10.9. The van der Waals surface area contributed by atoms with Gasteiger partial charge in [-0.05, 0) is 35.9 Å². The summed E-state index contributed by atoms with van der Waals surface area (Å²) >= 11 is 3.37. The molecule has 1 aliphatic heterocycles.